The van der Waals surface area contributed by atoms with Crippen molar-refractivity contribution in [1.29, 1.82) is 0 Å². The number of nitrogens with zero attached hydrogens (tertiary/aromatic N) is 2. The lowest BCUT2D eigenvalue weighted by Gasteiger charge is -2.11. The number of halogens is 1. The normalized spacial score (nSPS) is 11.9. The molecule has 5 aromatic rings. The number of fused-ring (bicyclic) bond motifs is 2. The zero-order valence-electron chi connectivity index (χ0n) is 16.3. The molecule has 0 unspecified atom stereocenters. The molecule has 0 fully saturated rings. The molecule has 156 valence electrons. The van der Waals surface area contributed by atoms with Gasteiger partial charge in [-0.3, -0.25) is 4.72 Å². The number of nitrogens with one attached hydrogen (secondary N) is 1. The predicted octanol–water partition coefficient (Wildman–Crippen LogP) is 6.12. The maximum absolute atomic E-state index is 13.3. The summed E-state index contributed by atoms with van der Waals surface area (Å²) in [5, 5.41) is 0.824. The number of thiazole rings is 1. The van der Waals surface area contributed by atoms with Gasteiger partial charge in [0.1, 0.15) is 5.52 Å². The summed E-state index contributed by atoms with van der Waals surface area (Å²) in [5.41, 5.74) is 3.14. The molecular formula is C22H16ClN3O3S2. The van der Waals surface area contributed by atoms with E-state index in [0.717, 1.165) is 4.70 Å². The maximum Gasteiger partial charge on any atom is 0.264 e. The molecule has 6 nitrogen and oxygen atoms in total. The van der Waals surface area contributed by atoms with Gasteiger partial charge in [0.2, 0.25) is 0 Å². The standard InChI is InChI=1S/C22H16ClN3O3S2/c1-2-20-25-21-15(7-5-8-17(21)29-20)14-6-3-4-9-19(14)31(27,28)26-22-24-16-12-13(23)10-11-18(16)30-22/h3-12H,2H2,1H3,(H,24,26). The molecule has 0 bridgehead atoms. The molecule has 0 saturated carbocycles. The number of para-hydroxylation sites is 1. The Labute approximate surface area is 187 Å². The quantitative estimate of drug-likeness (QED) is 0.335. The van der Waals surface area contributed by atoms with Gasteiger partial charge < -0.3 is 4.42 Å². The SMILES string of the molecule is CCc1nc2c(-c3ccccc3S(=O)(=O)Nc3nc4cc(Cl)ccc4s3)cccc2o1. The third-order valence-corrected chi connectivity index (χ3v) is 7.52. The van der Waals surface area contributed by atoms with Gasteiger partial charge in [-0.05, 0) is 30.3 Å². The zero-order valence-corrected chi connectivity index (χ0v) is 18.7. The molecule has 1 N–H and O–H groups in total. The summed E-state index contributed by atoms with van der Waals surface area (Å²) in [6.45, 7) is 1.96. The van der Waals surface area contributed by atoms with E-state index in [2.05, 4.69) is 14.7 Å². The fourth-order valence-corrected chi connectivity index (χ4v) is 5.87. The molecule has 0 aliphatic carbocycles. The van der Waals surface area contributed by atoms with Crippen molar-refractivity contribution in [3.63, 3.8) is 0 Å². The number of aryl methyl sites for hydroxylation is 1. The molecule has 0 spiro atoms. The van der Waals surface area contributed by atoms with Gasteiger partial charge in [-0.25, -0.2) is 18.4 Å². The predicted molar refractivity (Wildman–Crippen MR) is 124 cm³/mol. The van der Waals surface area contributed by atoms with Crippen molar-refractivity contribution in [3.8, 4) is 11.1 Å². The molecule has 0 aliphatic rings. The Kier molecular flexibility index (Phi) is 4.92. The van der Waals surface area contributed by atoms with Gasteiger partial charge in [0, 0.05) is 22.6 Å². The number of anilines is 1. The minimum absolute atomic E-state index is 0.140. The monoisotopic (exact) mass is 469 g/mol. The van der Waals surface area contributed by atoms with Crippen LogP contribution in [0.4, 0.5) is 5.13 Å². The second-order valence-electron chi connectivity index (χ2n) is 6.85. The Bertz CT molecular complexity index is 1540. The molecule has 0 atom stereocenters. The van der Waals surface area contributed by atoms with E-state index >= 15 is 0 Å². The number of aromatic nitrogens is 2. The molecular weight excluding hydrogens is 454 g/mol. The van der Waals surface area contributed by atoms with Gasteiger partial charge >= 0.3 is 0 Å². The van der Waals surface area contributed by atoms with E-state index in [4.69, 9.17) is 16.0 Å². The van der Waals surface area contributed by atoms with E-state index in [-0.39, 0.29) is 10.0 Å². The Hall–Kier alpha value is -2.94. The Morgan fingerprint density at radius 3 is 2.68 bits per heavy atom. The van der Waals surface area contributed by atoms with Crippen LogP contribution in [0.1, 0.15) is 12.8 Å². The van der Waals surface area contributed by atoms with Crippen LogP contribution in [0.5, 0.6) is 0 Å². The summed E-state index contributed by atoms with van der Waals surface area (Å²) in [6.07, 6.45) is 0.650. The zero-order chi connectivity index (χ0) is 21.6. The number of rotatable bonds is 5. The van der Waals surface area contributed by atoms with Gasteiger partial charge in [-0.1, -0.05) is 60.2 Å². The highest BCUT2D eigenvalue weighted by Crippen LogP contribution is 2.35. The van der Waals surface area contributed by atoms with E-state index in [1.165, 1.54) is 11.3 Å². The highest BCUT2D eigenvalue weighted by molar-refractivity contribution is 7.93. The van der Waals surface area contributed by atoms with Crippen molar-refractivity contribution in [2.45, 2.75) is 18.2 Å². The van der Waals surface area contributed by atoms with Crippen molar-refractivity contribution in [3.05, 3.63) is 71.6 Å². The summed E-state index contributed by atoms with van der Waals surface area (Å²) in [6, 6.07) is 17.6. The molecule has 5 rings (SSSR count). The molecule has 0 saturated heterocycles. The van der Waals surface area contributed by atoms with Crippen molar-refractivity contribution in [1.82, 2.24) is 9.97 Å². The fraction of sp³-hybridized carbons (Fsp3) is 0.0909. The minimum atomic E-state index is -3.91. The van der Waals surface area contributed by atoms with Gasteiger partial charge in [-0.15, -0.1) is 0 Å². The fourth-order valence-electron chi connectivity index (χ4n) is 3.40. The molecule has 2 heterocycles. The topological polar surface area (TPSA) is 85.1 Å². The van der Waals surface area contributed by atoms with Crippen molar-refractivity contribution < 1.29 is 12.8 Å². The van der Waals surface area contributed by atoms with Crippen LogP contribution in [0.3, 0.4) is 0 Å². The van der Waals surface area contributed by atoms with Crippen LogP contribution in [-0.2, 0) is 16.4 Å². The molecule has 31 heavy (non-hydrogen) atoms. The highest BCUT2D eigenvalue weighted by atomic mass is 35.5. The Morgan fingerprint density at radius 2 is 1.84 bits per heavy atom. The average molecular weight is 470 g/mol. The maximum atomic E-state index is 13.3. The molecule has 0 aliphatic heterocycles. The summed E-state index contributed by atoms with van der Waals surface area (Å²) in [4.78, 5) is 9.05. The molecule has 9 heteroatoms. The minimum Gasteiger partial charge on any atom is -0.441 e. The highest BCUT2D eigenvalue weighted by Gasteiger charge is 2.23. The third kappa shape index (κ3) is 3.67. The summed E-state index contributed by atoms with van der Waals surface area (Å²) in [7, 11) is -3.91. The summed E-state index contributed by atoms with van der Waals surface area (Å²) >= 11 is 7.27. The lowest BCUT2D eigenvalue weighted by Crippen LogP contribution is -2.14. The molecule has 2 aromatic heterocycles. The summed E-state index contributed by atoms with van der Waals surface area (Å²) in [5.74, 6) is 0.606. The van der Waals surface area contributed by atoms with E-state index in [1.54, 1.807) is 36.4 Å². The number of oxazole rings is 1. The smallest absolute Gasteiger partial charge is 0.264 e. The lowest BCUT2D eigenvalue weighted by molar-refractivity contribution is 0.538. The average Bonchev–Trinajstić information content (AvgIpc) is 3.35. The first-order valence-corrected chi connectivity index (χ1v) is 12.2. The van der Waals surface area contributed by atoms with Crippen LogP contribution in [0.2, 0.25) is 5.02 Å². The van der Waals surface area contributed by atoms with Gasteiger partial charge in [0.05, 0.1) is 15.1 Å². The van der Waals surface area contributed by atoms with Gasteiger partial charge in [0.15, 0.2) is 16.6 Å². The Morgan fingerprint density at radius 1 is 1.03 bits per heavy atom. The second kappa shape index (κ2) is 7.64. The number of sulfonamides is 1. The number of benzene rings is 3. The van der Waals surface area contributed by atoms with Crippen LogP contribution >= 0.6 is 22.9 Å². The summed E-state index contributed by atoms with van der Waals surface area (Å²) < 4.78 is 35.8. The van der Waals surface area contributed by atoms with Crippen LogP contribution < -0.4 is 4.72 Å². The number of hydrogen-bond donors (Lipinski definition) is 1. The Balaban J connectivity index is 1.60. The van der Waals surface area contributed by atoms with Crippen LogP contribution in [0.15, 0.2) is 70.0 Å². The number of hydrogen-bond acceptors (Lipinski definition) is 6. The van der Waals surface area contributed by atoms with E-state index < -0.39 is 10.0 Å². The largest absolute Gasteiger partial charge is 0.441 e. The van der Waals surface area contributed by atoms with Crippen molar-refractivity contribution in [2.75, 3.05) is 4.72 Å². The van der Waals surface area contributed by atoms with Crippen LogP contribution in [-0.4, -0.2) is 18.4 Å². The third-order valence-electron chi connectivity index (χ3n) is 4.80. The van der Waals surface area contributed by atoms with Crippen LogP contribution in [0.25, 0.3) is 32.4 Å². The second-order valence-corrected chi connectivity index (χ2v) is 9.96. The molecule has 3 aromatic carbocycles. The van der Waals surface area contributed by atoms with Crippen LogP contribution in [0, 0.1) is 0 Å². The first-order valence-electron chi connectivity index (χ1n) is 9.51. The molecule has 0 amide bonds. The lowest BCUT2D eigenvalue weighted by atomic mass is 10.0. The molecule has 0 radical (unpaired) electrons. The van der Waals surface area contributed by atoms with Crippen molar-refractivity contribution in [2.24, 2.45) is 0 Å². The van der Waals surface area contributed by atoms with Gasteiger partial charge in [0.25, 0.3) is 10.0 Å². The van der Waals surface area contributed by atoms with Crippen molar-refractivity contribution >= 4 is 59.4 Å². The first-order chi connectivity index (χ1) is 14.9. The first kappa shape index (κ1) is 20.0. The van der Waals surface area contributed by atoms with Gasteiger partial charge in [-0.2, -0.15) is 0 Å². The van der Waals surface area contributed by atoms with E-state index in [1.807, 2.05) is 31.2 Å². The van der Waals surface area contributed by atoms with E-state index in [0.29, 0.717) is 45.1 Å². The van der Waals surface area contributed by atoms with E-state index in [9.17, 15) is 8.42 Å².